The van der Waals surface area contributed by atoms with E-state index in [0.29, 0.717) is 6.04 Å². The topological polar surface area (TPSA) is 45.6 Å². The molecule has 1 atom stereocenters. The molecule has 2 N–H and O–H groups in total. The Morgan fingerprint density at radius 2 is 2.00 bits per heavy atom. The zero-order chi connectivity index (χ0) is 15.3. The van der Waals surface area contributed by atoms with E-state index in [1.807, 2.05) is 14.0 Å². The molecule has 0 spiro atoms. The van der Waals surface area contributed by atoms with Gasteiger partial charge in [0.05, 0.1) is 0 Å². The van der Waals surface area contributed by atoms with Gasteiger partial charge in [-0.25, -0.2) is 0 Å². The Morgan fingerprint density at radius 3 is 2.64 bits per heavy atom. The molecule has 1 rings (SSSR count). The second-order valence-corrected chi connectivity index (χ2v) is 5.12. The summed E-state index contributed by atoms with van der Waals surface area (Å²) in [5.41, 5.74) is 1.38. The van der Waals surface area contributed by atoms with E-state index in [1.54, 1.807) is 0 Å². The van der Waals surface area contributed by atoms with Crippen LogP contribution < -0.4 is 10.6 Å². The predicted octanol–water partition coefficient (Wildman–Crippen LogP) is 3.22. The van der Waals surface area contributed by atoms with Crippen LogP contribution in [0.2, 0.25) is 0 Å². The van der Waals surface area contributed by atoms with Gasteiger partial charge in [-0.1, -0.05) is 30.3 Å². The maximum absolute atomic E-state index is 5.32. The number of aryl methyl sites for hydroxylation is 1. The highest BCUT2D eigenvalue weighted by Gasteiger charge is 2.05. The van der Waals surface area contributed by atoms with Crippen molar-refractivity contribution in [1.29, 1.82) is 0 Å². The van der Waals surface area contributed by atoms with E-state index >= 15 is 0 Å². The Hall–Kier alpha value is -0.820. The summed E-state index contributed by atoms with van der Waals surface area (Å²) in [6.07, 6.45) is 3.16. The van der Waals surface area contributed by atoms with E-state index in [0.717, 1.165) is 45.0 Å². The van der Waals surface area contributed by atoms with Crippen molar-refractivity contribution >= 4 is 29.9 Å². The highest BCUT2D eigenvalue weighted by molar-refractivity contribution is 14.0. The summed E-state index contributed by atoms with van der Waals surface area (Å²) in [4.78, 5) is 4.25. The molecule has 0 aromatic heterocycles. The molecular formula is C17H30IN3O. The number of aliphatic imine (C=N–C) groups is 1. The van der Waals surface area contributed by atoms with Gasteiger partial charge in [-0.15, -0.1) is 24.0 Å². The predicted molar refractivity (Wildman–Crippen MR) is 105 cm³/mol. The molecule has 0 radical (unpaired) electrons. The van der Waals surface area contributed by atoms with Gasteiger partial charge in [-0.2, -0.15) is 0 Å². The fourth-order valence-corrected chi connectivity index (χ4v) is 2.05. The van der Waals surface area contributed by atoms with E-state index in [4.69, 9.17) is 4.74 Å². The van der Waals surface area contributed by atoms with Crippen LogP contribution in [0.4, 0.5) is 0 Å². The number of guanidine groups is 1. The molecule has 0 fully saturated rings. The Bertz CT molecular complexity index is 398. The average molecular weight is 419 g/mol. The third-order valence-corrected chi connectivity index (χ3v) is 3.28. The lowest BCUT2D eigenvalue weighted by atomic mass is 10.1. The summed E-state index contributed by atoms with van der Waals surface area (Å²) in [6.45, 7) is 6.66. The standard InChI is InChI=1S/C17H29N3O.HI/c1-4-21-14-8-13-19-17(18-3)20-15(2)11-12-16-9-6-5-7-10-16;/h5-7,9-10,15H,4,8,11-14H2,1-3H3,(H2,18,19,20);1H. The molecule has 1 aromatic carbocycles. The lowest BCUT2D eigenvalue weighted by Gasteiger charge is -2.18. The molecule has 0 aliphatic carbocycles. The minimum absolute atomic E-state index is 0. The van der Waals surface area contributed by atoms with Crippen molar-refractivity contribution in [2.45, 2.75) is 39.2 Å². The van der Waals surface area contributed by atoms with Gasteiger partial charge < -0.3 is 15.4 Å². The highest BCUT2D eigenvalue weighted by atomic mass is 127. The quantitative estimate of drug-likeness (QED) is 0.280. The fourth-order valence-electron chi connectivity index (χ4n) is 2.05. The van der Waals surface area contributed by atoms with Crippen molar-refractivity contribution in [1.82, 2.24) is 10.6 Å². The largest absolute Gasteiger partial charge is 0.382 e. The lowest BCUT2D eigenvalue weighted by Crippen LogP contribution is -2.42. The third kappa shape index (κ3) is 10.00. The van der Waals surface area contributed by atoms with Gasteiger partial charge in [0, 0.05) is 32.8 Å². The van der Waals surface area contributed by atoms with Crippen molar-refractivity contribution in [3.05, 3.63) is 35.9 Å². The monoisotopic (exact) mass is 419 g/mol. The first-order chi connectivity index (χ1) is 10.3. The molecule has 1 aromatic rings. The van der Waals surface area contributed by atoms with Crippen LogP contribution in [0, 0.1) is 0 Å². The van der Waals surface area contributed by atoms with Gasteiger partial charge in [-0.3, -0.25) is 4.99 Å². The van der Waals surface area contributed by atoms with Crippen molar-refractivity contribution in [2.75, 3.05) is 26.8 Å². The van der Waals surface area contributed by atoms with Crippen LogP contribution in [0.25, 0.3) is 0 Å². The summed E-state index contributed by atoms with van der Waals surface area (Å²) < 4.78 is 5.32. The Kier molecular flexibility index (Phi) is 13.3. The molecule has 22 heavy (non-hydrogen) atoms. The van der Waals surface area contributed by atoms with E-state index in [1.165, 1.54) is 5.56 Å². The molecule has 0 aliphatic heterocycles. The smallest absolute Gasteiger partial charge is 0.191 e. The number of benzene rings is 1. The summed E-state index contributed by atoms with van der Waals surface area (Å²) in [5.74, 6) is 0.868. The molecule has 126 valence electrons. The number of nitrogens with one attached hydrogen (secondary N) is 2. The second kappa shape index (κ2) is 13.8. The second-order valence-electron chi connectivity index (χ2n) is 5.12. The number of rotatable bonds is 9. The lowest BCUT2D eigenvalue weighted by molar-refractivity contribution is 0.145. The Balaban J connectivity index is 0.00000441. The van der Waals surface area contributed by atoms with E-state index in [-0.39, 0.29) is 24.0 Å². The summed E-state index contributed by atoms with van der Waals surface area (Å²) in [6, 6.07) is 11.0. The Labute approximate surface area is 152 Å². The summed E-state index contributed by atoms with van der Waals surface area (Å²) in [7, 11) is 1.81. The van der Waals surface area contributed by atoms with Gasteiger partial charge in [0.25, 0.3) is 0 Å². The molecule has 0 heterocycles. The summed E-state index contributed by atoms with van der Waals surface area (Å²) >= 11 is 0. The zero-order valence-corrected chi connectivity index (χ0v) is 16.3. The number of halogens is 1. The van der Waals surface area contributed by atoms with Crippen LogP contribution >= 0.6 is 24.0 Å². The SMILES string of the molecule is CCOCCCNC(=NC)NC(C)CCc1ccccc1.I. The van der Waals surface area contributed by atoms with Gasteiger partial charge in [0.15, 0.2) is 5.96 Å². The number of hydrogen-bond acceptors (Lipinski definition) is 2. The van der Waals surface area contributed by atoms with Crippen LogP contribution in [0.3, 0.4) is 0 Å². The highest BCUT2D eigenvalue weighted by Crippen LogP contribution is 2.04. The van der Waals surface area contributed by atoms with Crippen molar-refractivity contribution in [3.8, 4) is 0 Å². The van der Waals surface area contributed by atoms with Crippen LogP contribution in [0.1, 0.15) is 32.3 Å². The van der Waals surface area contributed by atoms with E-state index in [9.17, 15) is 0 Å². The summed E-state index contributed by atoms with van der Waals surface area (Å²) in [5, 5.41) is 6.74. The van der Waals surface area contributed by atoms with Crippen LogP contribution in [-0.2, 0) is 11.2 Å². The number of ether oxygens (including phenoxy) is 1. The molecule has 0 amide bonds. The molecule has 1 unspecified atom stereocenters. The van der Waals surface area contributed by atoms with Gasteiger partial charge in [-0.05, 0) is 38.7 Å². The first kappa shape index (κ1) is 21.2. The first-order valence-corrected chi connectivity index (χ1v) is 7.85. The minimum atomic E-state index is 0. The molecule has 5 heteroatoms. The van der Waals surface area contributed by atoms with Gasteiger partial charge in [0.2, 0.25) is 0 Å². The van der Waals surface area contributed by atoms with Crippen LogP contribution in [-0.4, -0.2) is 38.8 Å². The van der Waals surface area contributed by atoms with Crippen molar-refractivity contribution in [2.24, 2.45) is 4.99 Å². The van der Waals surface area contributed by atoms with Crippen LogP contribution in [0.5, 0.6) is 0 Å². The molecule has 0 bridgehead atoms. The fraction of sp³-hybridized carbons (Fsp3) is 0.588. The maximum Gasteiger partial charge on any atom is 0.191 e. The zero-order valence-electron chi connectivity index (χ0n) is 14.0. The minimum Gasteiger partial charge on any atom is -0.382 e. The van der Waals surface area contributed by atoms with Crippen molar-refractivity contribution < 1.29 is 4.74 Å². The third-order valence-electron chi connectivity index (χ3n) is 3.28. The normalized spacial score (nSPS) is 12.4. The number of nitrogens with zero attached hydrogens (tertiary/aromatic N) is 1. The Morgan fingerprint density at radius 1 is 1.27 bits per heavy atom. The molecule has 0 saturated heterocycles. The first-order valence-electron chi connectivity index (χ1n) is 7.85. The van der Waals surface area contributed by atoms with Crippen molar-refractivity contribution in [3.63, 3.8) is 0 Å². The average Bonchev–Trinajstić information content (AvgIpc) is 2.52. The maximum atomic E-state index is 5.32. The molecule has 4 nitrogen and oxygen atoms in total. The number of hydrogen-bond donors (Lipinski definition) is 2. The van der Waals surface area contributed by atoms with E-state index < -0.39 is 0 Å². The molecule has 0 saturated carbocycles. The molecular weight excluding hydrogens is 389 g/mol. The molecule has 0 aliphatic rings. The van der Waals surface area contributed by atoms with Crippen LogP contribution in [0.15, 0.2) is 35.3 Å². The van der Waals surface area contributed by atoms with Gasteiger partial charge in [0.1, 0.15) is 0 Å². The van der Waals surface area contributed by atoms with E-state index in [2.05, 4.69) is 52.9 Å². The van der Waals surface area contributed by atoms with Gasteiger partial charge >= 0.3 is 0 Å².